The summed E-state index contributed by atoms with van der Waals surface area (Å²) in [5.74, 6) is 0.814. The van der Waals surface area contributed by atoms with E-state index in [1.165, 1.54) is 15.3 Å². The monoisotopic (exact) mass is 298 g/mol. The number of fused-ring (bicyclic) bond motifs is 1. The van der Waals surface area contributed by atoms with E-state index in [1.807, 2.05) is 42.6 Å². The van der Waals surface area contributed by atoms with Crippen molar-refractivity contribution in [3.8, 4) is 5.75 Å². The summed E-state index contributed by atoms with van der Waals surface area (Å²) in [6.07, 6.45) is 1.79. The summed E-state index contributed by atoms with van der Waals surface area (Å²) in [4.78, 5) is 7.07. The first kappa shape index (κ1) is 14.0. The van der Waals surface area contributed by atoms with Crippen molar-refractivity contribution >= 4 is 22.2 Å². The summed E-state index contributed by atoms with van der Waals surface area (Å²) in [7, 11) is 1.96. The molecule has 0 amide bonds. The SMILES string of the molecule is CNCc1cc(COc2cnc3ccccc3c2)c(C)s1. The Hall–Kier alpha value is -1.91. The van der Waals surface area contributed by atoms with Crippen LogP contribution in [-0.2, 0) is 13.2 Å². The second-order valence-electron chi connectivity index (χ2n) is 4.98. The van der Waals surface area contributed by atoms with E-state index in [0.717, 1.165) is 23.2 Å². The maximum atomic E-state index is 5.90. The number of aromatic nitrogens is 1. The number of pyridine rings is 1. The molecule has 1 aromatic carbocycles. The topological polar surface area (TPSA) is 34.1 Å². The van der Waals surface area contributed by atoms with Crippen LogP contribution in [0.2, 0.25) is 0 Å². The molecule has 21 heavy (non-hydrogen) atoms. The lowest BCUT2D eigenvalue weighted by Gasteiger charge is -2.06. The third-order valence-corrected chi connectivity index (χ3v) is 4.48. The van der Waals surface area contributed by atoms with E-state index in [9.17, 15) is 0 Å². The van der Waals surface area contributed by atoms with Crippen LogP contribution in [0.5, 0.6) is 5.75 Å². The highest BCUT2D eigenvalue weighted by Gasteiger charge is 2.06. The van der Waals surface area contributed by atoms with Gasteiger partial charge in [-0.25, -0.2) is 0 Å². The number of nitrogens with one attached hydrogen (secondary N) is 1. The van der Waals surface area contributed by atoms with Crippen molar-refractivity contribution < 1.29 is 4.74 Å². The van der Waals surface area contributed by atoms with E-state index < -0.39 is 0 Å². The van der Waals surface area contributed by atoms with Crippen LogP contribution in [0.15, 0.2) is 42.6 Å². The molecule has 0 saturated heterocycles. The van der Waals surface area contributed by atoms with Gasteiger partial charge in [0.15, 0.2) is 0 Å². The van der Waals surface area contributed by atoms with Crippen LogP contribution in [0, 0.1) is 6.92 Å². The lowest BCUT2D eigenvalue weighted by Crippen LogP contribution is -2.02. The minimum atomic E-state index is 0.589. The van der Waals surface area contributed by atoms with Crippen molar-refractivity contribution in [1.29, 1.82) is 0 Å². The summed E-state index contributed by atoms with van der Waals surface area (Å²) in [5, 5.41) is 4.28. The molecule has 1 N–H and O–H groups in total. The second kappa shape index (κ2) is 6.24. The van der Waals surface area contributed by atoms with Crippen LogP contribution in [0.4, 0.5) is 0 Å². The predicted molar refractivity (Wildman–Crippen MR) is 87.9 cm³/mol. The molecule has 2 aromatic heterocycles. The standard InChI is InChI=1S/C17H18N2OS/c1-12-14(8-16(21-12)10-18-2)11-20-15-7-13-5-3-4-6-17(13)19-9-15/h3-9,18H,10-11H2,1-2H3. The third kappa shape index (κ3) is 3.23. The molecule has 0 atom stereocenters. The van der Waals surface area contributed by atoms with Gasteiger partial charge >= 0.3 is 0 Å². The summed E-state index contributed by atoms with van der Waals surface area (Å²) >= 11 is 1.82. The number of hydrogen-bond donors (Lipinski definition) is 1. The smallest absolute Gasteiger partial charge is 0.138 e. The maximum Gasteiger partial charge on any atom is 0.138 e. The number of nitrogens with zero attached hydrogens (tertiary/aromatic N) is 1. The Morgan fingerprint density at radius 1 is 1.24 bits per heavy atom. The number of benzene rings is 1. The van der Waals surface area contributed by atoms with Crippen LogP contribution in [0.1, 0.15) is 15.3 Å². The van der Waals surface area contributed by atoms with Crippen molar-refractivity contribution in [2.45, 2.75) is 20.1 Å². The van der Waals surface area contributed by atoms with Gasteiger partial charge in [-0.3, -0.25) is 4.98 Å². The fraction of sp³-hybridized carbons (Fsp3) is 0.235. The number of ether oxygens (including phenoxy) is 1. The van der Waals surface area contributed by atoms with Gasteiger partial charge in [0.05, 0.1) is 11.7 Å². The molecular formula is C17H18N2OS. The fourth-order valence-corrected chi connectivity index (χ4v) is 3.34. The molecular weight excluding hydrogens is 280 g/mol. The van der Waals surface area contributed by atoms with Crippen molar-refractivity contribution in [2.75, 3.05) is 7.05 Å². The Morgan fingerprint density at radius 2 is 2.10 bits per heavy atom. The van der Waals surface area contributed by atoms with Crippen LogP contribution in [0.25, 0.3) is 10.9 Å². The lowest BCUT2D eigenvalue weighted by molar-refractivity contribution is 0.305. The molecule has 0 aliphatic carbocycles. The Labute approximate surface area is 128 Å². The zero-order chi connectivity index (χ0) is 14.7. The summed E-state index contributed by atoms with van der Waals surface area (Å²) in [6, 6.07) is 12.3. The highest BCUT2D eigenvalue weighted by atomic mass is 32.1. The molecule has 3 rings (SSSR count). The highest BCUT2D eigenvalue weighted by Crippen LogP contribution is 2.24. The van der Waals surface area contributed by atoms with E-state index in [2.05, 4.69) is 29.4 Å². The first-order chi connectivity index (χ1) is 10.3. The second-order valence-corrected chi connectivity index (χ2v) is 6.32. The third-order valence-electron chi connectivity index (χ3n) is 3.38. The summed E-state index contributed by atoms with van der Waals surface area (Å²) < 4.78 is 5.90. The maximum absolute atomic E-state index is 5.90. The van der Waals surface area contributed by atoms with Gasteiger partial charge in [-0.1, -0.05) is 18.2 Å². The minimum absolute atomic E-state index is 0.589. The highest BCUT2D eigenvalue weighted by molar-refractivity contribution is 7.12. The molecule has 3 aromatic rings. The largest absolute Gasteiger partial charge is 0.487 e. The van der Waals surface area contributed by atoms with Gasteiger partial charge in [-0.2, -0.15) is 0 Å². The van der Waals surface area contributed by atoms with Gasteiger partial charge in [0.2, 0.25) is 0 Å². The van der Waals surface area contributed by atoms with Gasteiger partial charge in [0.25, 0.3) is 0 Å². The van der Waals surface area contributed by atoms with Crippen molar-refractivity contribution in [2.24, 2.45) is 0 Å². The molecule has 108 valence electrons. The van der Waals surface area contributed by atoms with Gasteiger partial charge in [-0.15, -0.1) is 11.3 Å². The van der Waals surface area contributed by atoms with E-state index in [4.69, 9.17) is 4.74 Å². The van der Waals surface area contributed by atoms with Crippen LogP contribution >= 0.6 is 11.3 Å². The number of thiophene rings is 1. The molecule has 3 nitrogen and oxygen atoms in total. The quantitative estimate of drug-likeness (QED) is 0.775. The molecule has 4 heteroatoms. The molecule has 0 saturated carbocycles. The molecule has 0 aliphatic rings. The number of para-hydroxylation sites is 1. The Morgan fingerprint density at radius 3 is 2.95 bits per heavy atom. The number of hydrogen-bond acceptors (Lipinski definition) is 4. The van der Waals surface area contributed by atoms with Crippen molar-refractivity contribution in [3.05, 3.63) is 57.9 Å². The average molecular weight is 298 g/mol. The van der Waals surface area contributed by atoms with E-state index >= 15 is 0 Å². The molecule has 0 spiro atoms. The van der Waals surface area contributed by atoms with E-state index in [0.29, 0.717) is 6.61 Å². The zero-order valence-electron chi connectivity index (χ0n) is 12.2. The van der Waals surface area contributed by atoms with Crippen molar-refractivity contribution in [1.82, 2.24) is 10.3 Å². The first-order valence-corrected chi connectivity index (χ1v) is 7.78. The average Bonchev–Trinajstić information content (AvgIpc) is 2.85. The van der Waals surface area contributed by atoms with Crippen LogP contribution in [0.3, 0.4) is 0 Å². The molecule has 0 unspecified atom stereocenters. The zero-order valence-corrected chi connectivity index (χ0v) is 13.0. The molecule has 2 heterocycles. The first-order valence-electron chi connectivity index (χ1n) is 6.96. The molecule has 0 bridgehead atoms. The van der Waals surface area contributed by atoms with E-state index in [-0.39, 0.29) is 0 Å². The lowest BCUT2D eigenvalue weighted by atomic mass is 10.2. The molecule has 0 fully saturated rings. The van der Waals surface area contributed by atoms with Gasteiger partial charge in [0, 0.05) is 27.2 Å². The van der Waals surface area contributed by atoms with Crippen LogP contribution in [-0.4, -0.2) is 12.0 Å². The predicted octanol–water partition coefficient (Wildman–Crippen LogP) is 3.90. The normalized spacial score (nSPS) is 11.0. The number of aryl methyl sites for hydroxylation is 1. The van der Waals surface area contributed by atoms with Gasteiger partial charge < -0.3 is 10.1 Å². The van der Waals surface area contributed by atoms with Crippen molar-refractivity contribution in [3.63, 3.8) is 0 Å². The molecule has 0 aliphatic heterocycles. The Balaban J connectivity index is 1.73. The van der Waals surface area contributed by atoms with E-state index in [1.54, 1.807) is 6.20 Å². The molecule has 0 radical (unpaired) electrons. The Kier molecular flexibility index (Phi) is 4.18. The van der Waals surface area contributed by atoms with Crippen LogP contribution < -0.4 is 10.1 Å². The fourth-order valence-electron chi connectivity index (χ4n) is 2.28. The Bertz CT molecular complexity index is 751. The number of rotatable bonds is 5. The van der Waals surface area contributed by atoms with Gasteiger partial charge in [-0.05, 0) is 32.2 Å². The summed E-state index contributed by atoms with van der Waals surface area (Å²) in [5.41, 5.74) is 2.24. The van der Waals surface area contributed by atoms with Gasteiger partial charge in [0.1, 0.15) is 12.4 Å². The summed E-state index contributed by atoms with van der Waals surface area (Å²) in [6.45, 7) is 3.64. The minimum Gasteiger partial charge on any atom is -0.487 e.